The zero-order valence-electron chi connectivity index (χ0n) is 13.9. The molecule has 0 unspecified atom stereocenters. The van der Waals surface area contributed by atoms with E-state index in [1.54, 1.807) is 0 Å². The Balaban J connectivity index is 2.38. The van der Waals surface area contributed by atoms with Crippen molar-refractivity contribution in [3.8, 4) is 22.3 Å². The van der Waals surface area contributed by atoms with Crippen molar-refractivity contribution < 1.29 is 19.1 Å². The van der Waals surface area contributed by atoms with Crippen LogP contribution in [-0.4, -0.2) is 31.1 Å². The van der Waals surface area contributed by atoms with Crippen LogP contribution in [0, 0.1) is 0 Å². The number of esters is 2. The first-order valence-electron chi connectivity index (χ1n) is 7.70. The number of rotatable bonds is 4. The van der Waals surface area contributed by atoms with Crippen molar-refractivity contribution in [3.63, 3.8) is 0 Å². The van der Waals surface area contributed by atoms with Crippen LogP contribution in [0.15, 0.2) is 60.7 Å². The third-order valence-electron chi connectivity index (χ3n) is 3.90. The molecule has 0 aliphatic heterocycles. The number of methoxy groups -OCH3 is 2. The van der Waals surface area contributed by atoms with Crippen LogP contribution < -0.4 is 0 Å². The van der Waals surface area contributed by atoms with Crippen LogP contribution in [0.3, 0.4) is 0 Å². The number of ether oxygens (including phenoxy) is 2. The van der Waals surface area contributed by atoms with Gasteiger partial charge in [0.05, 0.1) is 14.2 Å². The van der Waals surface area contributed by atoms with Gasteiger partial charge >= 0.3 is 11.9 Å². The molecule has 0 aliphatic carbocycles. The molecule has 0 bridgehead atoms. The van der Waals surface area contributed by atoms with E-state index in [4.69, 9.17) is 9.47 Å². The molecule has 0 amide bonds. The summed E-state index contributed by atoms with van der Waals surface area (Å²) in [5.41, 5.74) is 3.25. The number of hydrogen-bond acceptors (Lipinski definition) is 4. The van der Waals surface area contributed by atoms with Crippen LogP contribution in [0.1, 0.15) is 21.0 Å². The van der Waals surface area contributed by atoms with Gasteiger partial charge in [-0.05, 0) is 11.1 Å². The lowest BCUT2D eigenvalue weighted by Gasteiger charge is -2.08. The highest BCUT2D eigenvalue weighted by molar-refractivity contribution is 6.08. The standard InChI is InChI=1S/C20H17NO4/c1-24-19(22)17-15(13-9-5-3-6-10-13)16(14-11-7-4-8-12-14)18(21-17)20(23)25-2/h3-12,21H,1-2H3. The fourth-order valence-electron chi connectivity index (χ4n) is 2.80. The molecule has 1 aromatic heterocycles. The quantitative estimate of drug-likeness (QED) is 0.734. The van der Waals surface area contributed by atoms with Gasteiger partial charge in [-0.1, -0.05) is 60.7 Å². The highest BCUT2D eigenvalue weighted by atomic mass is 16.5. The van der Waals surface area contributed by atoms with E-state index in [-0.39, 0.29) is 11.4 Å². The normalized spacial score (nSPS) is 10.3. The summed E-state index contributed by atoms with van der Waals surface area (Å²) in [5, 5.41) is 0. The Labute approximate surface area is 145 Å². The molecule has 0 atom stereocenters. The van der Waals surface area contributed by atoms with Gasteiger partial charge in [0.25, 0.3) is 0 Å². The zero-order chi connectivity index (χ0) is 17.8. The fourth-order valence-corrected chi connectivity index (χ4v) is 2.80. The fraction of sp³-hybridized carbons (Fsp3) is 0.100. The number of carbonyl (C=O) groups is 2. The summed E-state index contributed by atoms with van der Waals surface area (Å²) in [7, 11) is 2.61. The third kappa shape index (κ3) is 3.04. The Morgan fingerprint density at radius 1 is 0.680 bits per heavy atom. The van der Waals surface area contributed by atoms with E-state index in [1.807, 2.05) is 60.7 Å². The first kappa shape index (κ1) is 16.5. The van der Waals surface area contributed by atoms with E-state index in [2.05, 4.69) is 4.98 Å². The Morgan fingerprint density at radius 2 is 1.04 bits per heavy atom. The number of H-pyrrole nitrogens is 1. The number of benzene rings is 2. The number of hydrogen-bond donors (Lipinski definition) is 1. The largest absolute Gasteiger partial charge is 0.464 e. The molecule has 5 heteroatoms. The summed E-state index contributed by atoms with van der Waals surface area (Å²) in [6.07, 6.45) is 0. The second-order valence-electron chi connectivity index (χ2n) is 5.34. The molecule has 0 radical (unpaired) electrons. The first-order chi connectivity index (χ1) is 12.2. The van der Waals surface area contributed by atoms with E-state index in [1.165, 1.54) is 14.2 Å². The molecule has 1 N–H and O–H groups in total. The Bertz CT molecular complexity index is 824. The lowest BCUT2D eigenvalue weighted by molar-refractivity contribution is 0.0591. The summed E-state index contributed by atoms with van der Waals surface area (Å²) in [5.74, 6) is -1.10. The molecule has 3 aromatic rings. The second kappa shape index (κ2) is 7.05. The topological polar surface area (TPSA) is 68.4 Å². The minimum absolute atomic E-state index is 0.216. The second-order valence-corrected chi connectivity index (χ2v) is 5.34. The summed E-state index contributed by atoms with van der Waals surface area (Å²) < 4.78 is 9.79. The summed E-state index contributed by atoms with van der Waals surface area (Å²) >= 11 is 0. The molecular weight excluding hydrogens is 318 g/mol. The van der Waals surface area contributed by atoms with Crippen LogP contribution in [0.2, 0.25) is 0 Å². The van der Waals surface area contributed by atoms with E-state index in [0.29, 0.717) is 11.1 Å². The summed E-state index contributed by atoms with van der Waals surface area (Å²) in [6.45, 7) is 0. The van der Waals surface area contributed by atoms with Crippen LogP contribution >= 0.6 is 0 Å². The van der Waals surface area contributed by atoms with E-state index < -0.39 is 11.9 Å². The monoisotopic (exact) mass is 335 g/mol. The van der Waals surface area contributed by atoms with E-state index in [0.717, 1.165) is 11.1 Å². The van der Waals surface area contributed by atoms with Gasteiger partial charge in [0.15, 0.2) is 0 Å². The van der Waals surface area contributed by atoms with Gasteiger partial charge in [-0.3, -0.25) is 0 Å². The Hall–Kier alpha value is -3.34. The Kier molecular flexibility index (Phi) is 4.66. The summed E-state index contributed by atoms with van der Waals surface area (Å²) in [6, 6.07) is 18.8. The summed E-state index contributed by atoms with van der Waals surface area (Å²) in [4.78, 5) is 27.5. The average Bonchev–Trinajstić information content (AvgIpc) is 3.08. The molecule has 0 fully saturated rings. The van der Waals surface area contributed by atoms with Crippen molar-refractivity contribution in [1.82, 2.24) is 4.98 Å². The Morgan fingerprint density at radius 3 is 1.36 bits per heavy atom. The highest BCUT2D eigenvalue weighted by Crippen LogP contribution is 2.38. The van der Waals surface area contributed by atoms with Crippen molar-refractivity contribution in [3.05, 3.63) is 72.1 Å². The van der Waals surface area contributed by atoms with Gasteiger partial charge in [-0.25, -0.2) is 9.59 Å². The smallest absolute Gasteiger partial charge is 0.355 e. The predicted molar refractivity (Wildman–Crippen MR) is 94.3 cm³/mol. The molecular formula is C20H17NO4. The lowest BCUT2D eigenvalue weighted by Crippen LogP contribution is -2.06. The molecule has 3 rings (SSSR count). The maximum atomic E-state index is 12.3. The molecule has 126 valence electrons. The average molecular weight is 335 g/mol. The lowest BCUT2D eigenvalue weighted by atomic mass is 9.94. The van der Waals surface area contributed by atoms with Gasteiger partial charge in [-0.2, -0.15) is 0 Å². The van der Waals surface area contributed by atoms with Crippen molar-refractivity contribution >= 4 is 11.9 Å². The van der Waals surface area contributed by atoms with Crippen molar-refractivity contribution in [2.24, 2.45) is 0 Å². The van der Waals surface area contributed by atoms with Crippen LogP contribution in [0.25, 0.3) is 22.3 Å². The number of aromatic nitrogens is 1. The molecule has 1 heterocycles. The maximum Gasteiger partial charge on any atom is 0.355 e. The first-order valence-corrected chi connectivity index (χ1v) is 7.70. The van der Waals surface area contributed by atoms with Gasteiger partial charge in [-0.15, -0.1) is 0 Å². The van der Waals surface area contributed by atoms with E-state index >= 15 is 0 Å². The molecule has 5 nitrogen and oxygen atoms in total. The molecule has 25 heavy (non-hydrogen) atoms. The highest BCUT2D eigenvalue weighted by Gasteiger charge is 2.28. The molecule has 0 spiro atoms. The van der Waals surface area contributed by atoms with Gasteiger partial charge in [0, 0.05) is 11.1 Å². The number of carbonyl (C=O) groups excluding carboxylic acids is 2. The van der Waals surface area contributed by atoms with Gasteiger partial charge in [0.2, 0.25) is 0 Å². The molecule has 0 aliphatic rings. The maximum absolute atomic E-state index is 12.3. The van der Waals surface area contributed by atoms with Gasteiger partial charge < -0.3 is 14.5 Å². The minimum Gasteiger partial charge on any atom is -0.464 e. The SMILES string of the molecule is COC(=O)c1[nH]c(C(=O)OC)c(-c2ccccc2)c1-c1ccccc1. The number of nitrogens with one attached hydrogen (secondary N) is 1. The van der Waals surface area contributed by atoms with Crippen LogP contribution in [-0.2, 0) is 9.47 Å². The molecule has 2 aromatic carbocycles. The number of aromatic amines is 1. The molecule has 0 saturated carbocycles. The van der Waals surface area contributed by atoms with Crippen molar-refractivity contribution in [1.29, 1.82) is 0 Å². The van der Waals surface area contributed by atoms with E-state index in [9.17, 15) is 9.59 Å². The van der Waals surface area contributed by atoms with Crippen molar-refractivity contribution in [2.75, 3.05) is 14.2 Å². The van der Waals surface area contributed by atoms with Gasteiger partial charge in [0.1, 0.15) is 11.4 Å². The molecule has 0 saturated heterocycles. The third-order valence-corrected chi connectivity index (χ3v) is 3.90. The van der Waals surface area contributed by atoms with Crippen molar-refractivity contribution in [2.45, 2.75) is 0 Å². The predicted octanol–water partition coefficient (Wildman–Crippen LogP) is 3.92. The van der Waals surface area contributed by atoms with Crippen LogP contribution in [0.5, 0.6) is 0 Å². The zero-order valence-corrected chi connectivity index (χ0v) is 13.9. The minimum atomic E-state index is -0.550. The van der Waals surface area contributed by atoms with Crippen LogP contribution in [0.4, 0.5) is 0 Å².